The van der Waals surface area contributed by atoms with Gasteiger partial charge in [0.1, 0.15) is 5.54 Å². The van der Waals surface area contributed by atoms with Crippen LogP contribution in [0.4, 0.5) is 0 Å². The van der Waals surface area contributed by atoms with E-state index in [0.29, 0.717) is 6.04 Å². The van der Waals surface area contributed by atoms with Crippen LogP contribution < -0.4 is 5.32 Å². The smallest absolute Gasteiger partial charge is 0.116 e. The van der Waals surface area contributed by atoms with Crippen LogP contribution in [0.25, 0.3) is 0 Å². The van der Waals surface area contributed by atoms with Crippen molar-refractivity contribution in [1.29, 1.82) is 5.26 Å². The fraction of sp³-hybridized carbons (Fsp3) is 0.929. The molecule has 0 bridgehead atoms. The molecule has 1 atom stereocenters. The van der Waals surface area contributed by atoms with Crippen molar-refractivity contribution in [2.75, 3.05) is 40.3 Å². The van der Waals surface area contributed by atoms with Crippen LogP contribution in [0.15, 0.2) is 0 Å². The Morgan fingerprint density at radius 2 is 1.94 bits per heavy atom. The lowest BCUT2D eigenvalue weighted by Gasteiger charge is -2.32. The fourth-order valence-corrected chi connectivity index (χ4v) is 2.17. The summed E-state index contributed by atoms with van der Waals surface area (Å²) in [6, 6.07) is 3.04. The number of nitrogens with zero attached hydrogens (tertiary/aromatic N) is 3. The van der Waals surface area contributed by atoms with Gasteiger partial charge in [-0.2, -0.15) is 5.26 Å². The van der Waals surface area contributed by atoms with Crippen LogP contribution >= 0.6 is 0 Å². The van der Waals surface area contributed by atoms with E-state index in [4.69, 9.17) is 0 Å². The highest BCUT2D eigenvalue weighted by atomic mass is 15.2. The molecule has 0 aliphatic heterocycles. The first kappa shape index (κ1) is 15.4. The van der Waals surface area contributed by atoms with Crippen LogP contribution in [0.5, 0.6) is 0 Å². The maximum atomic E-state index is 9.41. The quantitative estimate of drug-likeness (QED) is 0.671. The zero-order valence-corrected chi connectivity index (χ0v) is 12.4. The number of nitriles is 1. The summed E-state index contributed by atoms with van der Waals surface area (Å²) in [4.78, 5) is 4.60. The standard InChI is InChI=1S/C14H28N4/c1-5-8-18(10-9-17(3)4)12-14(2,11-15)16-13-6-7-13/h13,16H,5-10,12H2,1-4H3. The van der Waals surface area contributed by atoms with Crippen LogP contribution in [0.2, 0.25) is 0 Å². The Hall–Kier alpha value is -0.630. The zero-order chi connectivity index (χ0) is 13.6. The van der Waals surface area contributed by atoms with E-state index in [1.54, 1.807) is 0 Å². The van der Waals surface area contributed by atoms with Crippen molar-refractivity contribution in [3.05, 3.63) is 0 Å². The summed E-state index contributed by atoms with van der Waals surface area (Å²) in [6.07, 6.45) is 3.59. The molecule has 0 amide bonds. The first-order valence-corrected chi connectivity index (χ1v) is 7.05. The summed E-state index contributed by atoms with van der Waals surface area (Å²) >= 11 is 0. The topological polar surface area (TPSA) is 42.3 Å². The minimum atomic E-state index is -0.400. The summed E-state index contributed by atoms with van der Waals surface area (Å²) in [7, 11) is 4.19. The van der Waals surface area contributed by atoms with Gasteiger partial charge >= 0.3 is 0 Å². The maximum absolute atomic E-state index is 9.41. The molecule has 1 unspecified atom stereocenters. The van der Waals surface area contributed by atoms with Crippen LogP contribution in [0.3, 0.4) is 0 Å². The molecule has 1 rings (SSSR count). The molecule has 1 fully saturated rings. The molecule has 4 nitrogen and oxygen atoms in total. The van der Waals surface area contributed by atoms with E-state index in [0.717, 1.165) is 32.6 Å². The SMILES string of the molecule is CCCN(CCN(C)C)CC(C)(C#N)NC1CC1. The first-order chi connectivity index (χ1) is 8.49. The van der Waals surface area contributed by atoms with Crippen molar-refractivity contribution in [1.82, 2.24) is 15.1 Å². The molecule has 0 spiro atoms. The van der Waals surface area contributed by atoms with Crippen LogP contribution in [-0.4, -0.2) is 61.7 Å². The van der Waals surface area contributed by atoms with Crippen LogP contribution in [-0.2, 0) is 0 Å². The molecule has 0 aromatic rings. The van der Waals surface area contributed by atoms with Crippen molar-refractivity contribution in [2.24, 2.45) is 0 Å². The second-order valence-electron chi connectivity index (χ2n) is 5.94. The normalized spacial score (nSPS) is 18.9. The average molecular weight is 252 g/mol. The highest BCUT2D eigenvalue weighted by Gasteiger charge is 2.33. The van der Waals surface area contributed by atoms with E-state index >= 15 is 0 Å². The van der Waals surface area contributed by atoms with Gasteiger partial charge in [-0.25, -0.2) is 0 Å². The van der Waals surface area contributed by atoms with Crippen molar-refractivity contribution in [3.8, 4) is 6.07 Å². The monoisotopic (exact) mass is 252 g/mol. The van der Waals surface area contributed by atoms with E-state index in [1.165, 1.54) is 12.8 Å². The Bertz CT molecular complexity index is 280. The van der Waals surface area contributed by atoms with E-state index in [2.05, 4.69) is 42.2 Å². The van der Waals surface area contributed by atoms with Gasteiger partial charge in [0, 0.05) is 25.7 Å². The van der Waals surface area contributed by atoms with Gasteiger partial charge in [0.05, 0.1) is 6.07 Å². The highest BCUT2D eigenvalue weighted by molar-refractivity contribution is 5.08. The third-order valence-corrected chi connectivity index (χ3v) is 3.29. The molecule has 0 saturated heterocycles. The summed E-state index contributed by atoms with van der Waals surface area (Å²) < 4.78 is 0. The molecule has 0 aromatic heterocycles. The van der Waals surface area contributed by atoms with Gasteiger partial charge in [-0.15, -0.1) is 0 Å². The van der Waals surface area contributed by atoms with Crippen molar-refractivity contribution < 1.29 is 0 Å². The summed E-state index contributed by atoms with van der Waals surface area (Å²) in [5, 5.41) is 12.9. The summed E-state index contributed by atoms with van der Waals surface area (Å²) in [5.41, 5.74) is -0.400. The Morgan fingerprint density at radius 3 is 2.39 bits per heavy atom. The van der Waals surface area contributed by atoms with Gasteiger partial charge in [0.15, 0.2) is 0 Å². The van der Waals surface area contributed by atoms with E-state index in [9.17, 15) is 5.26 Å². The molecular weight excluding hydrogens is 224 g/mol. The zero-order valence-electron chi connectivity index (χ0n) is 12.4. The Morgan fingerprint density at radius 1 is 1.28 bits per heavy atom. The highest BCUT2D eigenvalue weighted by Crippen LogP contribution is 2.22. The molecule has 1 aliphatic carbocycles. The molecule has 1 N–H and O–H groups in total. The van der Waals surface area contributed by atoms with Crippen LogP contribution in [0, 0.1) is 11.3 Å². The number of likely N-dealkylation sites (N-methyl/N-ethyl adjacent to an activating group) is 1. The van der Waals surface area contributed by atoms with Gasteiger partial charge in [-0.05, 0) is 46.8 Å². The Balaban J connectivity index is 2.47. The maximum Gasteiger partial charge on any atom is 0.116 e. The molecule has 1 aliphatic rings. The van der Waals surface area contributed by atoms with Gasteiger partial charge in [0.2, 0.25) is 0 Å². The first-order valence-electron chi connectivity index (χ1n) is 7.05. The van der Waals surface area contributed by atoms with Crippen molar-refractivity contribution >= 4 is 0 Å². The molecule has 1 saturated carbocycles. The fourth-order valence-electron chi connectivity index (χ4n) is 2.17. The molecule has 0 radical (unpaired) electrons. The minimum Gasteiger partial charge on any atom is -0.308 e. The lowest BCUT2D eigenvalue weighted by Crippen LogP contribution is -2.52. The second kappa shape index (κ2) is 7.08. The number of nitrogens with one attached hydrogen (secondary N) is 1. The lowest BCUT2D eigenvalue weighted by atomic mass is 10.0. The largest absolute Gasteiger partial charge is 0.308 e. The van der Waals surface area contributed by atoms with Gasteiger partial charge in [-0.3, -0.25) is 10.2 Å². The number of hydrogen-bond donors (Lipinski definition) is 1. The van der Waals surface area contributed by atoms with Gasteiger partial charge in [0.25, 0.3) is 0 Å². The third-order valence-electron chi connectivity index (χ3n) is 3.29. The average Bonchev–Trinajstić information content (AvgIpc) is 3.10. The molecule has 0 heterocycles. The second-order valence-corrected chi connectivity index (χ2v) is 5.94. The number of hydrogen-bond acceptors (Lipinski definition) is 4. The van der Waals surface area contributed by atoms with E-state index < -0.39 is 5.54 Å². The molecule has 4 heteroatoms. The molecule has 0 aromatic carbocycles. The van der Waals surface area contributed by atoms with Crippen molar-refractivity contribution in [3.63, 3.8) is 0 Å². The predicted molar refractivity (Wildman–Crippen MR) is 75.5 cm³/mol. The third kappa shape index (κ3) is 5.81. The Kier molecular flexibility index (Phi) is 6.07. The Labute approximate surface area is 112 Å². The van der Waals surface area contributed by atoms with Crippen molar-refractivity contribution in [2.45, 2.75) is 44.7 Å². The van der Waals surface area contributed by atoms with Crippen LogP contribution in [0.1, 0.15) is 33.1 Å². The molecule has 18 heavy (non-hydrogen) atoms. The van der Waals surface area contributed by atoms with Gasteiger partial charge in [-0.1, -0.05) is 6.92 Å². The lowest BCUT2D eigenvalue weighted by molar-refractivity contribution is 0.199. The van der Waals surface area contributed by atoms with E-state index in [1.807, 2.05) is 6.92 Å². The minimum absolute atomic E-state index is 0.400. The predicted octanol–water partition coefficient (Wildman–Crippen LogP) is 1.29. The summed E-state index contributed by atoms with van der Waals surface area (Å²) in [5.74, 6) is 0. The van der Waals surface area contributed by atoms with Gasteiger partial charge < -0.3 is 4.90 Å². The molecule has 104 valence electrons. The molecular formula is C14H28N4. The van der Waals surface area contributed by atoms with E-state index in [-0.39, 0.29) is 0 Å². The summed E-state index contributed by atoms with van der Waals surface area (Å²) in [6.45, 7) is 8.19. The number of rotatable bonds is 9.